The van der Waals surface area contributed by atoms with E-state index < -0.39 is 0 Å². The first-order valence-corrected chi connectivity index (χ1v) is 6.82. The number of anilines is 1. The Morgan fingerprint density at radius 3 is 3.06 bits per heavy atom. The third-order valence-electron chi connectivity index (χ3n) is 2.61. The van der Waals surface area contributed by atoms with Crippen molar-refractivity contribution in [2.24, 2.45) is 0 Å². The first kappa shape index (κ1) is 11.0. The summed E-state index contributed by atoms with van der Waals surface area (Å²) in [5, 5.41) is 5.32. The van der Waals surface area contributed by atoms with Crippen molar-refractivity contribution in [2.45, 2.75) is 6.04 Å². The van der Waals surface area contributed by atoms with E-state index in [4.69, 9.17) is 4.74 Å². The highest BCUT2D eigenvalue weighted by molar-refractivity contribution is 9.10. The van der Waals surface area contributed by atoms with Gasteiger partial charge in [-0.3, -0.25) is 0 Å². The highest BCUT2D eigenvalue weighted by Crippen LogP contribution is 2.36. The number of fused-ring (bicyclic) bond motifs is 1. The maximum Gasteiger partial charge on any atom is 0.142 e. The minimum Gasteiger partial charge on any atom is -0.489 e. The zero-order chi connectivity index (χ0) is 11.8. The maximum atomic E-state index is 13.1. The van der Waals surface area contributed by atoms with E-state index >= 15 is 0 Å². The lowest BCUT2D eigenvalue weighted by Crippen LogP contribution is -2.23. The maximum absolute atomic E-state index is 13.1. The topological polar surface area (TPSA) is 21.3 Å². The van der Waals surface area contributed by atoms with Crippen molar-refractivity contribution < 1.29 is 9.13 Å². The second kappa shape index (κ2) is 4.31. The van der Waals surface area contributed by atoms with Crippen LogP contribution >= 0.6 is 27.3 Å². The molecule has 0 bridgehead atoms. The number of rotatable bonds is 1. The molecule has 1 atom stereocenters. The molecule has 88 valence electrons. The van der Waals surface area contributed by atoms with Gasteiger partial charge in [-0.15, -0.1) is 11.3 Å². The van der Waals surface area contributed by atoms with Crippen LogP contribution in [-0.2, 0) is 0 Å². The average molecular weight is 314 g/mol. The second-order valence-electron chi connectivity index (χ2n) is 3.82. The Labute approximate surface area is 111 Å². The molecule has 1 aromatic heterocycles. The van der Waals surface area contributed by atoms with Gasteiger partial charge < -0.3 is 10.1 Å². The van der Waals surface area contributed by atoms with E-state index in [1.165, 1.54) is 17.0 Å². The molecule has 0 saturated heterocycles. The summed E-state index contributed by atoms with van der Waals surface area (Å²) >= 11 is 5.08. The molecular formula is C12H9BrFNOS. The quantitative estimate of drug-likeness (QED) is 0.852. The summed E-state index contributed by atoms with van der Waals surface area (Å²) in [6.45, 7) is 0.561. The molecule has 3 rings (SSSR count). The fourth-order valence-corrected chi connectivity index (χ4v) is 3.29. The van der Waals surface area contributed by atoms with Gasteiger partial charge in [0.15, 0.2) is 0 Å². The number of hydrogen-bond acceptors (Lipinski definition) is 3. The molecular weight excluding hydrogens is 305 g/mol. The van der Waals surface area contributed by atoms with Crippen molar-refractivity contribution in [3.8, 4) is 5.75 Å². The molecule has 0 saturated carbocycles. The Bertz CT molecular complexity index is 557. The summed E-state index contributed by atoms with van der Waals surface area (Å²) < 4.78 is 19.8. The SMILES string of the molecule is Fc1ccc2c(c1)NC(c1cc(Br)cs1)CO2. The summed E-state index contributed by atoms with van der Waals surface area (Å²) in [6.07, 6.45) is 0. The van der Waals surface area contributed by atoms with Crippen molar-refractivity contribution in [1.29, 1.82) is 0 Å². The highest BCUT2D eigenvalue weighted by atomic mass is 79.9. The van der Waals surface area contributed by atoms with Gasteiger partial charge >= 0.3 is 0 Å². The summed E-state index contributed by atoms with van der Waals surface area (Å²) in [5.74, 6) is 0.450. The first-order valence-electron chi connectivity index (χ1n) is 5.15. The fraction of sp³-hybridized carbons (Fsp3) is 0.167. The largest absolute Gasteiger partial charge is 0.489 e. The molecule has 2 heterocycles. The molecule has 2 nitrogen and oxygen atoms in total. The van der Waals surface area contributed by atoms with Crippen LogP contribution in [0.1, 0.15) is 10.9 Å². The lowest BCUT2D eigenvalue weighted by molar-refractivity contribution is 0.287. The molecule has 17 heavy (non-hydrogen) atoms. The molecule has 0 amide bonds. The van der Waals surface area contributed by atoms with Crippen molar-refractivity contribution >= 4 is 33.0 Å². The number of nitrogens with one attached hydrogen (secondary N) is 1. The van der Waals surface area contributed by atoms with Gasteiger partial charge in [0.1, 0.15) is 18.2 Å². The standard InChI is InChI=1S/C12H9BrFNOS/c13-7-3-12(17-6-7)10-5-16-11-2-1-8(14)4-9(11)15-10/h1-4,6,10,15H,5H2. The number of benzene rings is 1. The van der Waals surface area contributed by atoms with Gasteiger partial charge in [-0.1, -0.05) is 0 Å². The van der Waals surface area contributed by atoms with Crippen molar-refractivity contribution in [1.82, 2.24) is 0 Å². The smallest absolute Gasteiger partial charge is 0.142 e. The molecule has 0 aliphatic carbocycles. The van der Waals surface area contributed by atoms with E-state index in [-0.39, 0.29) is 11.9 Å². The monoisotopic (exact) mass is 313 g/mol. The second-order valence-corrected chi connectivity index (χ2v) is 5.67. The minimum atomic E-state index is -0.257. The molecule has 0 radical (unpaired) electrons. The van der Waals surface area contributed by atoms with Crippen LogP contribution < -0.4 is 10.1 Å². The minimum absolute atomic E-state index is 0.0839. The van der Waals surface area contributed by atoms with Gasteiger partial charge in [-0.2, -0.15) is 0 Å². The van der Waals surface area contributed by atoms with Crippen LogP contribution in [-0.4, -0.2) is 6.61 Å². The lowest BCUT2D eigenvalue weighted by atomic mass is 10.2. The van der Waals surface area contributed by atoms with Crippen LogP contribution in [0.4, 0.5) is 10.1 Å². The van der Waals surface area contributed by atoms with Crippen molar-refractivity contribution in [2.75, 3.05) is 11.9 Å². The highest BCUT2D eigenvalue weighted by Gasteiger charge is 2.21. The fourth-order valence-electron chi connectivity index (χ4n) is 1.81. The molecule has 1 N–H and O–H groups in total. The molecule has 0 fully saturated rings. The molecule has 5 heteroatoms. The van der Waals surface area contributed by atoms with Gasteiger partial charge in [0.05, 0.1) is 11.7 Å². The molecule has 2 aromatic rings. The van der Waals surface area contributed by atoms with E-state index in [1.54, 1.807) is 17.4 Å². The Morgan fingerprint density at radius 2 is 2.29 bits per heavy atom. The lowest BCUT2D eigenvalue weighted by Gasteiger charge is -2.26. The molecule has 1 aromatic carbocycles. The number of thiophene rings is 1. The predicted molar refractivity (Wildman–Crippen MR) is 70.3 cm³/mol. The van der Waals surface area contributed by atoms with E-state index in [1.807, 2.05) is 5.38 Å². The van der Waals surface area contributed by atoms with E-state index in [2.05, 4.69) is 27.3 Å². The van der Waals surface area contributed by atoms with Crippen LogP contribution in [0.3, 0.4) is 0 Å². The summed E-state index contributed by atoms with van der Waals surface area (Å²) in [7, 11) is 0. The van der Waals surface area contributed by atoms with Crippen molar-refractivity contribution in [3.63, 3.8) is 0 Å². The third-order valence-corrected chi connectivity index (χ3v) is 4.42. The zero-order valence-electron chi connectivity index (χ0n) is 8.74. The van der Waals surface area contributed by atoms with Gasteiger partial charge in [-0.25, -0.2) is 4.39 Å². The molecule has 1 aliphatic rings. The number of halogens is 2. The van der Waals surface area contributed by atoms with Crippen molar-refractivity contribution in [3.05, 3.63) is 44.8 Å². The van der Waals surface area contributed by atoms with Crippen LogP contribution in [0.25, 0.3) is 0 Å². The van der Waals surface area contributed by atoms with Crippen LogP contribution in [0.2, 0.25) is 0 Å². The summed E-state index contributed by atoms with van der Waals surface area (Å²) in [5.41, 5.74) is 0.714. The zero-order valence-corrected chi connectivity index (χ0v) is 11.1. The van der Waals surface area contributed by atoms with Gasteiger partial charge in [0.25, 0.3) is 0 Å². The number of hydrogen-bond donors (Lipinski definition) is 1. The van der Waals surface area contributed by atoms with Gasteiger partial charge in [0.2, 0.25) is 0 Å². The Balaban J connectivity index is 1.89. The molecule has 1 aliphatic heterocycles. The number of ether oxygens (including phenoxy) is 1. The van der Waals surface area contributed by atoms with E-state index in [0.717, 1.165) is 4.47 Å². The normalized spacial score (nSPS) is 18.1. The molecule has 0 spiro atoms. The Hall–Kier alpha value is -1.07. The Kier molecular flexibility index (Phi) is 2.80. The van der Waals surface area contributed by atoms with Crippen LogP contribution in [0.5, 0.6) is 5.75 Å². The van der Waals surface area contributed by atoms with Crippen LogP contribution in [0, 0.1) is 5.82 Å². The van der Waals surface area contributed by atoms with Gasteiger partial charge in [-0.05, 0) is 34.1 Å². The predicted octanol–water partition coefficient (Wildman–Crippen LogP) is 4.20. The Morgan fingerprint density at radius 1 is 1.41 bits per heavy atom. The third kappa shape index (κ3) is 2.17. The molecule has 1 unspecified atom stereocenters. The van der Waals surface area contributed by atoms with E-state index in [0.29, 0.717) is 18.0 Å². The van der Waals surface area contributed by atoms with E-state index in [9.17, 15) is 4.39 Å². The van der Waals surface area contributed by atoms with Gasteiger partial charge in [0, 0.05) is 20.8 Å². The average Bonchev–Trinajstić information content (AvgIpc) is 2.75. The summed E-state index contributed by atoms with van der Waals surface area (Å²) in [6, 6.07) is 6.65. The van der Waals surface area contributed by atoms with Crippen LogP contribution in [0.15, 0.2) is 34.1 Å². The first-order chi connectivity index (χ1) is 8.22. The summed E-state index contributed by atoms with van der Waals surface area (Å²) in [4.78, 5) is 1.17.